The Morgan fingerprint density at radius 2 is 2.29 bits per heavy atom. The second kappa shape index (κ2) is 5.02. The van der Waals surface area contributed by atoms with E-state index in [0.29, 0.717) is 12.8 Å². The first-order valence-corrected chi connectivity index (χ1v) is 7.09. The predicted octanol–water partition coefficient (Wildman–Crippen LogP) is 3.52. The molecular weight excluding hydrogens is 309 g/mol. The first-order chi connectivity index (χ1) is 7.99. The van der Waals surface area contributed by atoms with E-state index >= 15 is 0 Å². The van der Waals surface area contributed by atoms with Gasteiger partial charge in [-0.25, -0.2) is 9.37 Å². The molecule has 1 aromatic rings. The summed E-state index contributed by atoms with van der Waals surface area (Å²) < 4.78 is 14.2. The van der Waals surface area contributed by atoms with Crippen molar-refractivity contribution >= 4 is 33.2 Å². The minimum atomic E-state index is -0.995. The molecule has 3 nitrogen and oxygen atoms in total. The molecule has 0 bridgehead atoms. The highest BCUT2D eigenvalue weighted by atomic mass is 79.9. The van der Waals surface area contributed by atoms with Crippen molar-refractivity contribution in [2.45, 2.75) is 38.3 Å². The third kappa shape index (κ3) is 2.68. The van der Waals surface area contributed by atoms with Crippen molar-refractivity contribution in [3.63, 3.8) is 0 Å². The van der Waals surface area contributed by atoms with Crippen molar-refractivity contribution in [3.8, 4) is 0 Å². The van der Waals surface area contributed by atoms with E-state index in [1.165, 1.54) is 11.3 Å². The van der Waals surface area contributed by atoms with Crippen LogP contribution in [0.25, 0.3) is 0 Å². The van der Waals surface area contributed by atoms with Crippen molar-refractivity contribution in [2.75, 3.05) is 0 Å². The van der Waals surface area contributed by atoms with Crippen LogP contribution in [-0.2, 0) is 4.79 Å². The third-order valence-electron chi connectivity index (χ3n) is 3.17. The number of hydrogen-bond donors (Lipinski definition) is 1. The number of carboxylic acids is 1. The fourth-order valence-electron chi connectivity index (χ4n) is 2.37. The molecule has 0 aliphatic heterocycles. The van der Waals surface area contributed by atoms with Crippen LogP contribution >= 0.6 is 27.3 Å². The Balaban J connectivity index is 2.29. The number of rotatable bonds is 2. The molecule has 0 aromatic carbocycles. The number of carbonyl (C=O) groups is 1. The molecule has 0 amide bonds. The van der Waals surface area contributed by atoms with E-state index in [-0.39, 0.29) is 12.3 Å². The van der Waals surface area contributed by atoms with Gasteiger partial charge in [0.1, 0.15) is 6.17 Å². The van der Waals surface area contributed by atoms with Gasteiger partial charge >= 0.3 is 5.97 Å². The molecule has 1 fully saturated rings. The molecule has 1 N–H and O–H groups in total. The lowest BCUT2D eigenvalue weighted by Gasteiger charge is -2.29. The van der Waals surface area contributed by atoms with E-state index in [9.17, 15) is 14.3 Å². The van der Waals surface area contributed by atoms with Crippen LogP contribution in [0, 0.1) is 12.8 Å². The number of thiazole rings is 1. The minimum Gasteiger partial charge on any atom is -0.481 e. The number of alkyl halides is 1. The van der Waals surface area contributed by atoms with E-state index in [2.05, 4.69) is 20.9 Å². The molecule has 1 aliphatic rings. The zero-order chi connectivity index (χ0) is 12.6. The molecule has 0 spiro atoms. The first kappa shape index (κ1) is 13.0. The van der Waals surface area contributed by atoms with Crippen molar-refractivity contribution in [2.24, 2.45) is 5.92 Å². The minimum absolute atomic E-state index is 0.100. The number of nitrogens with zero attached hydrogens (tertiary/aromatic N) is 1. The topological polar surface area (TPSA) is 50.2 Å². The van der Waals surface area contributed by atoms with E-state index in [4.69, 9.17) is 0 Å². The summed E-state index contributed by atoms with van der Waals surface area (Å²) in [6, 6.07) is 0. The smallest absolute Gasteiger partial charge is 0.307 e. The lowest BCUT2D eigenvalue weighted by molar-refractivity contribution is -0.144. The summed E-state index contributed by atoms with van der Waals surface area (Å²) in [5.41, 5.74) is 0.784. The van der Waals surface area contributed by atoms with Gasteiger partial charge in [-0.3, -0.25) is 4.79 Å². The first-order valence-electron chi connectivity index (χ1n) is 5.48. The lowest BCUT2D eigenvalue weighted by Crippen LogP contribution is -2.30. The van der Waals surface area contributed by atoms with Crippen LogP contribution < -0.4 is 0 Å². The maximum atomic E-state index is 13.3. The number of aryl methyl sites for hydroxylation is 1. The summed E-state index contributed by atoms with van der Waals surface area (Å²) in [5.74, 6) is -1.75. The van der Waals surface area contributed by atoms with Gasteiger partial charge in [0.05, 0.1) is 20.4 Å². The summed E-state index contributed by atoms with van der Waals surface area (Å²) in [5, 5.41) is 10.1. The molecule has 2 rings (SSSR count). The molecule has 0 saturated heterocycles. The van der Waals surface area contributed by atoms with Gasteiger partial charge in [-0.1, -0.05) is 0 Å². The number of halogens is 2. The molecule has 0 radical (unpaired) electrons. The van der Waals surface area contributed by atoms with Gasteiger partial charge in [-0.2, -0.15) is 0 Å². The van der Waals surface area contributed by atoms with Gasteiger partial charge < -0.3 is 5.11 Å². The van der Waals surface area contributed by atoms with E-state index in [1.54, 1.807) is 0 Å². The highest BCUT2D eigenvalue weighted by molar-refractivity contribution is 9.11. The monoisotopic (exact) mass is 321 g/mol. The number of carboxylic acid groups (broad SMARTS) is 1. The van der Waals surface area contributed by atoms with E-state index in [0.717, 1.165) is 14.5 Å². The molecule has 1 heterocycles. The van der Waals surface area contributed by atoms with Crippen molar-refractivity contribution in [1.29, 1.82) is 0 Å². The third-order valence-corrected chi connectivity index (χ3v) is 4.84. The molecule has 6 heteroatoms. The Labute approximate surface area is 111 Å². The molecule has 94 valence electrons. The molecular formula is C11H13BrFNO2S. The van der Waals surface area contributed by atoms with E-state index in [1.807, 2.05) is 6.92 Å². The second-order valence-electron chi connectivity index (χ2n) is 4.35. The predicted molar refractivity (Wildman–Crippen MR) is 67.2 cm³/mol. The van der Waals surface area contributed by atoms with Crippen molar-refractivity contribution in [3.05, 3.63) is 14.5 Å². The van der Waals surface area contributed by atoms with Crippen LogP contribution in [0.3, 0.4) is 0 Å². The highest BCUT2D eigenvalue weighted by Crippen LogP contribution is 2.42. The maximum absolute atomic E-state index is 13.3. The summed E-state index contributed by atoms with van der Waals surface area (Å²) in [7, 11) is 0. The van der Waals surface area contributed by atoms with Crippen LogP contribution in [-0.4, -0.2) is 22.2 Å². The zero-order valence-corrected chi connectivity index (χ0v) is 11.7. The molecule has 17 heavy (non-hydrogen) atoms. The van der Waals surface area contributed by atoms with Gasteiger partial charge in [0.25, 0.3) is 0 Å². The van der Waals surface area contributed by atoms with Gasteiger partial charge in [0, 0.05) is 5.92 Å². The van der Waals surface area contributed by atoms with Crippen LogP contribution in [0.4, 0.5) is 4.39 Å². The van der Waals surface area contributed by atoms with Gasteiger partial charge in [-0.05, 0) is 42.1 Å². The fourth-order valence-corrected chi connectivity index (χ4v) is 4.16. The zero-order valence-electron chi connectivity index (χ0n) is 9.32. The maximum Gasteiger partial charge on any atom is 0.307 e. The van der Waals surface area contributed by atoms with Crippen molar-refractivity contribution < 1.29 is 14.3 Å². The van der Waals surface area contributed by atoms with Crippen LogP contribution in [0.5, 0.6) is 0 Å². The Bertz CT molecular complexity index is 437. The number of aromatic nitrogens is 1. The summed E-state index contributed by atoms with van der Waals surface area (Å²) in [6.45, 7) is 1.88. The van der Waals surface area contributed by atoms with Crippen molar-refractivity contribution in [1.82, 2.24) is 4.98 Å². The number of hydrogen-bond acceptors (Lipinski definition) is 3. The summed E-state index contributed by atoms with van der Waals surface area (Å²) in [4.78, 5) is 15.6. The standard InChI is InChI=1S/C11H13BrFNO2S/c1-5-14-9(10(12)17-5)7-3-2-6(13)4-8(7)11(15)16/h6-8H,2-4H2,1H3,(H,15,16). The largest absolute Gasteiger partial charge is 0.481 e. The van der Waals surface area contributed by atoms with E-state index < -0.39 is 18.1 Å². The van der Waals surface area contributed by atoms with Gasteiger partial charge in [0.2, 0.25) is 0 Å². The highest BCUT2D eigenvalue weighted by Gasteiger charge is 2.38. The molecule has 3 atom stereocenters. The Morgan fingerprint density at radius 3 is 2.82 bits per heavy atom. The molecule has 3 unspecified atom stereocenters. The quantitative estimate of drug-likeness (QED) is 0.906. The summed E-state index contributed by atoms with van der Waals surface area (Å²) >= 11 is 4.91. The van der Waals surface area contributed by atoms with Crippen LogP contribution in [0.2, 0.25) is 0 Å². The second-order valence-corrected chi connectivity index (χ2v) is 6.87. The molecule has 1 saturated carbocycles. The summed E-state index contributed by atoms with van der Waals surface area (Å²) in [6.07, 6.45) is 0.0891. The number of aliphatic carboxylic acids is 1. The molecule has 1 aliphatic carbocycles. The Morgan fingerprint density at radius 1 is 1.59 bits per heavy atom. The Kier molecular flexibility index (Phi) is 3.82. The van der Waals surface area contributed by atoms with Crippen LogP contribution in [0.1, 0.15) is 35.9 Å². The average molecular weight is 322 g/mol. The SMILES string of the molecule is Cc1nc(C2CCC(F)CC2C(=O)O)c(Br)s1. The van der Waals surface area contributed by atoms with Crippen LogP contribution in [0.15, 0.2) is 3.79 Å². The molecule has 1 aromatic heterocycles. The fraction of sp³-hybridized carbons (Fsp3) is 0.636. The van der Waals surface area contributed by atoms with Gasteiger partial charge in [0.15, 0.2) is 0 Å². The van der Waals surface area contributed by atoms with Gasteiger partial charge in [-0.15, -0.1) is 11.3 Å². The average Bonchev–Trinajstić information content (AvgIpc) is 2.57. The normalized spacial score (nSPS) is 29.2. The Hall–Kier alpha value is -0.490. The lowest BCUT2D eigenvalue weighted by atomic mass is 9.77.